The molecule has 0 radical (unpaired) electrons. The highest BCUT2D eigenvalue weighted by Crippen LogP contribution is 2.33. The molecule has 122 valence electrons. The highest BCUT2D eigenvalue weighted by molar-refractivity contribution is 7.15. The summed E-state index contributed by atoms with van der Waals surface area (Å²) in [4.78, 5) is 14.9. The molecule has 1 amide bonds. The Morgan fingerprint density at radius 1 is 1.30 bits per heavy atom. The van der Waals surface area contributed by atoms with Crippen LogP contribution in [-0.2, 0) is 11.2 Å². The fourth-order valence-corrected chi connectivity index (χ4v) is 3.97. The number of rotatable bonds is 5. The second-order valence-electron chi connectivity index (χ2n) is 6.09. The molecule has 0 saturated carbocycles. The molecule has 1 aliphatic heterocycles. The average molecular weight is 330 g/mol. The summed E-state index contributed by atoms with van der Waals surface area (Å²) in [6.45, 7) is 3.78. The van der Waals surface area contributed by atoms with Crippen LogP contribution < -0.4 is 5.32 Å². The Balaban J connectivity index is 1.71. The number of hydrogen-bond acceptors (Lipinski definition) is 5. The molecule has 0 aliphatic carbocycles. The molecule has 3 rings (SSSR count). The quantitative estimate of drug-likeness (QED) is 0.916. The molecule has 1 aromatic heterocycles. The third-order valence-corrected chi connectivity index (χ3v) is 5.13. The number of carbonyl (C=O) groups excluding carboxylic acids is 1. The van der Waals surface area contributed by atoms with Gasteiger partial charge in [0.1, 0.15) is 5.01 Å². The van der Waals surface area contributed by atoms with Crippen molar-refractivity contribution in [3.63, 3.8) is 0 Å². The summed E-state index contributed by atoms with van der Waals surface area (Å²) in [6, 6.07) is 10.3. The Morgan fingerprint density at radius 3 is 2.83 bits per heavy atom. The minimum absolute atomic E-state index is 0.0439. The molecule has 1 N–H and O–H groups in total. The number of hydrogen-bond donors (Lipinski definition) is 1. The maximum Gasteiger partial charge on any atom is 0.231 e. The van der Waals surface area contributed by atoms with Crippen LogP contribution in [0.5, 0.6) is 0 Å². The first-order chi connectivity index (χ1) is 11.2. The lowest BCUT2D eigenvalue weighted by Gasteiger charge is -2.17. The zero-order chi connectivity index (χ0) is 16.2. The average Bonchev–Trinajstić information content (AvgIpc) is 3.15. The van der Waals surface area contributed by atoms with Gasteiger partial charge in [0.25, 0.3) is 0 Å². The van der Waals surface area contributed by atoms with Gasteiger partial charge in [-0.2, -0.15) is 0 Å². The predicted octanol–water partition coefficient (Wildman–Crippen LogP) is 2.77. The Bertz CT molecular complexity index is 658. The topological polar surface area (TPSA) is 58.1 Å². The normalized spacial score (nSPS) is 21.5. The fourth-order valence-electron chi connectivity index (χ4n) is 3.12. The molecule has 0 unspecified atom stereocenters. The minimum Gasteiger partial charge on any atom is -0.305 e. The molecule has 2 heterocycles. The van der Waals surface area contributed by atoms with Gasteiger partial charge < -0.3 is 10.2 Å². The van der Waals surface area contributed by atoms with E-state index < -0.39 is 0 Å². The number of likely N-dealkylation sites (tertiary alicyclic amines) is 1. The van der Waals surface area contributed by atoms with Gasteiger partial charge in [-0.05, 0) is 19.0 Å². The molecular weight excluding hydrogens is 308 g/mol. The van der Waals surface area contributed by atoms with Crippen LogP contribution >= 0.6 is 11.3 Å². The van der Waals surface area contributed by atoms with Gasteiger partial charge in [0.15, 0.2) is 0 Å². The van der Waals surface area contributed by atoms with Crippen LogP contribution in [0.4, 0.5) is 5.13 Å². The zero-order valence-corrected chi connectivity index (χ0v) is 14.3. The van der Waals surface area contributed by atoms with Crippen molar-refractivity contribution in [3.8, 4) is 0 Å². The van der Waals surface area contributed by atoms with Gasteiger partial charge in [0.2, 0.25) is 11.0 Å². The van der Waals surface area contributed by atoms with Gasteiger partial charge >= 0.3 is 0 Å². The molecule has 5 nitrogen and oxygen atoms in total. The van der Waals surface area contributed by atoms with Gasteiger partial charge in [0.05, 0.1) is 5.92 Å². The van der Waals surface area contributed by atoms with Gasteiger partial charge in [0, 0.05) is 25.4 Å². The van der Waals surface area contributed by atoms with E-state index in [1.807, 2.05) is 18.2 Å². The van der Waals surface area contributed by atoms with E-state index in [1.165, 1.54) is 16.9 Å². The van der Waals surface area contributed by atoms with Crippen LogP contribution in [0.1, 0.15) is 29.8 Å². The van der Waals surface area contributed by atoms with E-state index in [9.17, 15) is 4.79 Å². The van der Waals surface area contributed by atoms with Crippen LogP contribution in [0.15, 0.2) is 30.3 Å². The van der Waals surface area contributed by atoms with Crippen molar-refractivity contribution in [2.24, 2.45) is 5.92 Å². The summed E-state index contributed by atoms with van der Waals surface area (Å²) in [7, 11) is 2.06. The zero-order valence-electron chi connectivity index (χ0n) is 13.5. The molecule has 2 aromatic rings. The number of aromatic nitrogens is 2. The van der Waals surface area contributed by atoms with E-state index in [0.717, 1.165) is 30.9 Å². The molecule has 23 heavy (non-hydrogen) atoms. The Hall–Kier alpha value is -1.79. The number of likely N-dealkylation sites (N-methyl/N-ethyl adjacent to an activating group) is 1. The molecule has 6 heteroatoms. The van der Waals surface area contributed by atoms with Crippen molar-refractivity contribution < 1.29 is 4.79 Å². The molecule has 0 bridgehead atoms. The second kappa shape index (κ2) is 7.19. The summed E-state index contributed by atoms with van der Waals surface area (Å²) >= 11 is 1.47. The van der Waals surface area contributed by atoms with Crippen LogP contribution in [0.2, 0.25) is 0 Å². The number of nitrogens with one attached hydrogen (secondary N) is 1. The van der Waals surface area contributed by atoms with Crippen molar-refractivity contribution in [1.29, 1.82) is 0 Å². The molecule has 0 spiro atoms. The van der Waals surface area contributed by atoms with Gasteiger partial charge in [-0.3, -0.25) is 4.79 Å². The van der Waals surface area contributed by atoms with E-state index >= 15 is 0 Å². The number of carbonyl (C=O) groups is 1. The lowest BCUT2D eigenvalue weighted by Crippen LogP contribution is -2.28. The van der Waals surface area contributed by atoms with E-state index in [1.54, 1.807) is 0 Å². The Morgan fingerprint density at radius 2 is 2.09 bits per heavy atom. The van der Waals surface area contributed by atoms with Gasteiger partial charge in [-0.15, -0.1) is 10.2 Å². The minimum atomic E-state index is -0.0547. The number of nitrogens with zero attached hydrogens (tertiary/aromatic N) is 3. The van der Waals surface area contributed by atoms with Crippen molar-refractivity contribution >= 4 is 22.4 Å². The summed E-state index contributed by atoms with van der Waals surface area (Å²) in [5.41, 5.74) is 1.22. The van der Waals surface area contributed by atoms with Crippen LogP contribution in [0, 0.1) is 5.92 Å². The molecule has 2 atom stereocenters. The summed E-state index contributed by atoms with van der Waals surface area (Å²) in [5.74, 6) is 0.215. The summed E-state index contributed by atoms with van der Waals surface area (Å²) in [6.07, 6.45) is 1.94. The Labute approximate surface area is 140 Å². The summed E-state index contributed by atoms with van der Waals surface area (Å²) in [5, 5.41) is 12.8. The van der Waals surface area contributed by atoms with Crippen LogP contribution in [0.25, 0.3) is 0 Å². The third-order valence-electron chi connectivity index (χ3n) is 4.23. The van der Waals surface area contributed by atoms with Crippen molar-refractivity contribution in [3.05, 3.63) is 40.9 Å². The monoisotopic (exact) mass is 330 g/mol. The molecule has 1 aliphatic rings. The molecular formula is C17H22N4OS. The lowest BCUT2D eigenvalue weighted by atomic mass is 9.88. The van der Waals surface area contributed by atoms with E-state index in [2.05, 4.69) is 46.5 Å². The first kappa shape index (κ1) is 16.1. The standard InChI is InChI=1S/C17H22N4OS/c1-3-7-15-19-20-17(23-15)18-16(22)14-11-21(2)10-13(14)12-8-5-4-6-9-12/h4-6,8-9,13-14H,3,7,10-11H2,1-2H3,(H,18,20,22)/t13-,14+/m0/s1. The first-order valence-corrected chi connectivity index (χ1v) is 8.85. The smallest absolute Gasteiger partial charge is 0.231 e. The van der Waals surface area contributed by atoms with E-state index in [4.69, 9.17) is 0 Å². The van der Waals surface area contributed by atoms with Gasteiger partial charge in [-0.25, -0.2) is 0 Å². The Kier molecular flexibility index (Phi) is 5.03. The molecule has 1 saturated heterocycles. The molecule has 1 fully saturated rings. The molecule has 1 aromatic carbocycles. The third kappa shape index (κ3) is 3.76. The highest BCUT2D eigenvalue weighted by atomic mass is 32.1. The predicted molar refractivity (Wildman–Crippen MR) is 92.7 cm³/mol. The maximum atomic E-state index is 12.7. The number of anilines is 1. The second-order valence-corrected chi connectivity index (χ2v) is 7.15. The van der Waals surface area contributed by atoms with Crippen molar-refractivity contribution in [2.45, 2.75) is 25.7 Å². The number of aryl methyl sites for hydroxylation is 1. The number of amides is 1. The SMILES string of the molecule is CCCc1nnc(NC(=O)[C@@H]2CN(C)C[C@H]2c2ccccc2)s1. The van der Waals surface area contributed by atoms with Crippen LogP contribution in [0.3, 0.4) is 0 Å². The van der Waals surface area contributed by atoms with Crippen molar-refractivity contribution in [2.75, 3.05) is 25.5 Å². The largest absolute Gasteiger partial charge is 0.305 e. The van der Waals surface area contributed by atoms with E-state index in [0.29, 0.717) is 5.13 Å². The number of benzene rings is 1. The lowest BCUT2D eigenvalue weighted by molar-refractivity contribution is -0.119. The van der Waals surface area contributed by atoms with Crippen molar-refractivity contribution in [1.82, 2.24) is 15.1 Å². The maximum absolute atomic E-state index is 12.7. The first-order valence-electron chi connectivity index (χ1n) is 8.04. The van der Waals surface area contributed by atoms with Gasteiger partial charge in [-0.1, -0.05) is 48.6 Å². The highest BCUT2D eigenvalue weighted by Gasteiger charge is 2.37. The fraction of sp³-hybridized carbons (Fsp3) is 0.471. The van der Waals surface area contributed by atoms with Crippen LogP contribution in [-0.4, -0.2) is 41.1 Å². The summed E-state index contributed by atoms with van der Waals surface area (Å²) < 4.78 is 0. The van der Waals surface area contributed by atoms with E-state index in [-0.39, 0.29) is 17.7 Å².